The van der Waals surface area contributed by atoms with Crippen LogP contribution in [0.15, 0.2) is 40.8 Å². The molecule has 146 valence electrons. The number of aromatic hydroxyl groups is 1. The molecule has 1 aliphatic heterocycles. The minimum absolute atomic E-state index is 0.145. The Morgan fingerprint density at radius 2 is 1.86 bits per heavy atom. The summed E-state index contributed by atoms with van der Waals surface area (Å²) in [7, 11) is 0. The van der Waals surface area contributed by atoms with Gasteiger partial charge in [-0.05, 0) is 62.6 Å². The van der Waals surface area contributed by atoms with Gasteiger partial charge in [0.15, 0.2) is 11.5 Å². The van der Waals surface area contributed by atoms with Crippen LogP contribution in [0, 0.1) is 6.92 Å². The fourth-order valence-electron chi connectivity index (χ4n) is 4.63. The van der Waals surface area contributed by atoms with Gasteiger partial charge in [0.2, 0.25) is 0 Å². The minimum atomic E-state index is 0.145. The summed E-state index contributed by atoms with van der Waals surface area (Å²) in [5, 5.41) is 14.1. The largest absolute Gasteiger partial charge is 0.507 e. The number of aromatic nitrogens is 3. The monoisotopic (exact) mass is 386 g/mol. The van der Waals surface area contributed by atoms with Gasteiger partial charge in [-0.1, -0.05) is 0 Å². The van der Waals surface area contributed by atoms with Crippen LogP contribution in [0.5, 0.6) is 5.75 Å². The predicted molar refractivity (Wildman–Crippen MR) is 111 cm³/mol. The van der Waals surface area contributed by atoms with Crippen molar-refractivity contribution in [3.8, 4) is 17.0 Å². The first-order valence-electron chi connectivity index (χ1n) is 10.2. The molecule has 1 saturated heterocycles. The molecule has 2 fully saturated rings. The highest BCUT2D eigenvalue weighted by Gasteiger charge is 2.46. The molecule has 6 rings (SSSR count). The number of aryl methyl sites for hydroxylation is 1. The maximum Gasteiger partial charge on any atom is 0.192 e. The molecule has 1 aliphatic carbocycles. The van der Waals surface area contributed by atoms with E-state index in [1.807, 2.05) is 12.1 Å². The number of nitrogens with one attached hydrogen (secondary N) is 1. The Morgan fingerprint density at radius 1 is 1.03 bits per heavy atom. The lowest BCUT2D eigenvalue weighted by molar-refractivity contribution is 0.342. The van der Waals surface area contributed by atoms with Crippen LogP contribution in [0.3, 0.4) is 0 Å². The lowest BCUT2D eigenvalue weighted by Crippen LogP contribution is -2.39. The Morgan fingerprint density at radius 3 is 2.72 bits per heavy atom. The van der Waals surface area contributed by atoms with Crippen LogP contribution in [0.25, 0.3) is 33.4 Å². The standard InChI is InChI=1S/C23H22N4O2/c1-13-25-20-11-21(28)15(10-22(20)29-13)17-3-5-18-19(27-17)4-2-16(26-18)14-6-9-24-23(12-14)7-8-23/h2-5,10-11,14,24,28H,6-9,12H2,1H3/t14-/m1/s1. The smallest absolute Gasteiger partial charge is 0.192 e. The molecule has 0 radical (unpaired) electrons. The number of pyridine rings is 2. The molecule has 6 nitrogen and oxygen atoms in total. The molecule has 3 aromatic heterocycles. The van der Waals surface area contributed by atoms with Crippen molar-refractivity contribution in [2.24, 2.45) is 0 Å². The van der Waals surface area contributed by atoms with Gasteiger partial charge in [-0.15, -0.1) is 0 Å². The molecule has 0 unspecified atom stereocenters. The van der Waals surface area contributed by atoms with Gasteiger partial charge in [0.25, 0.3) is 0 Å². The normalized spacial score (nSPS) is 20.5. The summed E-state index contributed by atoms with van der Waals surface area (Å²) in [6.45, 7) is 2.87. The van der Waals surface area contributed by atoms with E-state index in [0.717, 1.165) is 24.0 Å². The molecular formula is C23H22N4O2. The number of nitrogens with zero attached hydrogens (tertiary/aromatic N) is 3. The summed E-state index contributed by atoms with van der Waals surface area (Å²) in [5.74, 6) is 1.24. The number of benzene rings is 1. The number of oxazole rings is 1. The third kappa shape index (κ3) is 2.86. The molecule has 4 aromatic rings. The van der Waals surface area contributed by atoms with Gasteiger partial charge in [0.1, 0.15) is 11.3 Å². The van der Waals surface area contributed by atoms with Crippen LogP contribution < -0.4 is 5.32 Å². The van der Waals surface area contributed by atoms with Gasteiger partial charge < -0.3 is 14.8 Å². The third-order valence-corrected chi connectivity index (χ3v) is 6.35. The zero-order valence-electron chi connectivity index (χ0n) is 16.3. The highest BCUT2D eigenvalue weighted by Crippen LogP contribution is 2.46. The van der Waals surface area contributed by atoms with E-state index in [0.29, 0.717) is 39.7 Å². The van der Waals surface area contributed by atoms with Crippen molar-refractivity contribution in [1.82, 2.24) is 20.3 Å². The second-order valence-corrected chi connectivity index (χ2v) is 8.44. The van der Waals surface area contributed by atoms with Gasteiger partial charge in [-0.3, -0.25) is 4.98 Å². The SMILES string of the molecule is Cc1nc2cc(O)c(-c3ccc4nc([C@@H]5CCNC6(CC6)C5)ccc4n3)cc2o1. The van der Waals surface area contributed by atoms with E-state index in [1.54, 1.807) is 19.1 Å². The molecule has 2 N–H and O–H groups in total. The molecule has 0 bridgehead atoms. The first kappa shape index (κ1) is 16.9. The maximum atomic E-state index is 10.5. The van der Waals surface area contributed by atoms with Crippen molar-refractivity contribution in [2.75, 3.05) is 6.54 Å². The van der Waals surface area contributed by atoms with Crippen molar-refractivity contribution >= 4 is 22.1 Å². The summed E-state index contributed by atoms with van der Waals surface area (Å²) < 4.78 is 5.61. The second-order valence-electron chi connectivity index (χ2n) is 8.44. The molecule has 1 spiro atoms. The molecule has 0 amide bonds. The Bertz CT molecular complexity index is 1260. The lowest BCUT2D eigenvalue weighted by Gasteiger charge is -2.30. The highest BCUT2D eigenvalue weighted by atomic mass is 16.3. The van der Waals surface area contributed by atoms with Crippen molar-refractivity contribution in [1.29, 1.82) is 0 Å². The number of piperidine rings is 1. The van der Waals surface area contributed by atoms with Gasteiger partial charge in [-0.2, -0.15) is 0 Å². The van der Waals surface area contributed by atoms with Crippen molar-refractivity contribution in [3.63, 3.8) is 0 Å². The fourth-order valence-corrected chi connectivity index (χ4v) is 4.63. The number of hydrogen-bond acceptors (Lipinski definition) is 6. The zero-order chi connectivity index (χ0) is 19.6. The zero-order valence-corrected chi connectivity index (χ0v) is 16.3. The van der Waals surface area contributed by atoms with Crippen LogP contribution >= 0.6 is 0 Å². The van der Waals surface area contributed by atoms with Gasteiger partial charge in [-0.25, -0.2) is 9.97 Å². The topological polar surface area (TPSA) is 84.1 Å². The summed E-state index contributed by atoms with van der Waals surface area (Å²) in [6.07, 6.45) is 4.90. The first-order valence-corrected chi connectivity index (χ1v) is 10.2. The fraction of sp³-hybridized carbons (Fsp3) is 0.348. The molecule has 2 aliphatic rings. The van der Waals surface area contributed by atoms with E-state index < -0.39 is 0 Å². The van der Waals surface area contributed by atoms with Crippen molar-refractivity contribution in [3.05, 3.63) is 48.0 Å². The Hall–Kier alpha value is -2.99. The summed E-state index contributed by atoms with van der Waals surface area (Å²) in [6, 6.07) is 11.5. The van der Waals surface area contributed by atoms with Crippen molar-refractivity contribution < 1.29 is 9.52 Å². The first-order chi connectivity index (χ1) is 14.1. The number of phenols is 1. The highest BCUT2D eigenvalue weighted by molar-refractivity contribution is 5.86. The Labute approximate surface area is 168 Å². The molecule has 1 saturated carbocycles. The Balaban J connectivity index is 1.37. The van der Waals surface area contributed by atoms with Crippen LogP contribution in [0.2, 0.25) is 0 Å². The van der Waals surface area contributed by atoms with E-state index in [9.17, 15) is 5.11 Å². The molecule has 1 atom stereocenters. The van der Waals surface area contributed by atoms with Crippen LogP contribution in [-0.4, -0.2) is 32.1 Å². The van der Waals surface area contributed by atoms with E-state index in [2.05, 4.69) is 22.4 Å². The molecule has 4 heterocycles. The number of rotatable bonds is 2. The number of fused-ring (bicyclic) bond motifs is 2. The van der Waals surface area contributed by atoms with Gasteiger partial charge in [0.05, 0.1) is 16.7 Å². The summed E-state index contributed by atoms with van der Waals surface area (Å²) in [4.78, 5) is 13.9. The molecule has 29 heavy (non-hydrogen) atoms. The van der Waals surface area contributed by atoms with Crippen LogP contribution in [0.1, 0.15) is 43.2 Å². The van der Waals surface area contributed by atoms with E-state index in [4.69, 9.17) is 14.4 Å². The maximum absolute atomic E-state index is 10.5. The Kier molecular flexibility index (Phi) is 3.50. The molecule has 1 aromatic carbocycles. The van der Waals surface area contributed by atoms with Crippen molar-refractivity contribution in [2.45, 2.75) is 44.1 Å². The van der Waals surface area contributed by atoms with E-state index in [-0.39, 0.29) is 5.75 Å². The lowest BCUT2D eigenvalue weighted by atomic mass is 9.88. The quantitative estimate of drug-likeness (QED) is 0.529. The summed E-state index contributed by atoms with van der Waals surface area (Å²) in [5.41, 5.74) is 5.89. The summed E-state index contributed by atoms with van der Waals surface area (Å²) >= 11 is 0. The average Bonchev–Trinajstić information content (AvgIpc) is 3.36. The minimum Gasteiger partial charge on any atom is -0.507 e. The molecule has 6 heteroatoms. The number of hydrogen-bond donors (Lipinski definition) is 2. The van der Waals surface area contributed by atoms with Crippen LogP contribution in [-0.2, 0) is 0 Å². The van der Waals surface area contributed by atoms with Crippen LogP contribution in [0.4, 0.5) is 0 Å². The van der Waals surface area contributed by atoms with Gasteiger partial charge >= 0.3 is 0 Å². The van der Waals surface area contributed by atoms with Gasteiger partial charge in [0, 0.05) is 35.7 Å². The number of phenolic OH excluding ortho intramolecular Hbond substituents is 1. The van der Waals surface area contributed by atoms with E-state index >= 15 is 0 Å². The molecular weight excluding hydrogens is 364 g/mol. The third-order valence-electron chi connectivity index (χ3n) is 6.35. The second kappa shape index (κ2) is 6.00. The average molecular weight is 386 g/mol. The van der Waals surface area contributed by atoms with E-state index in [1.165, 1.54) is 25.0 Å². The predicted octanol–water partition coefficient (Wildman–Crippen LogP) is 4.45.